The van der Waals surface area contributed by atoms with Gasteiger partial charge in [-0.25, -0.2) is 0 Å². The maximum absolute atomic E-state index is 12.8. The number of carbonyl (C=O) groups is 3. The Balaban J connectivity index is 4.18. The maximum Gasteiger partial charge on any atom is 0.306 e. The van der Waals surface area contributed by atoms with Crippen LogP contribution in [0.3, 0.4) is 0 Å². The van der Waals surface area contributed by atoms with E-state index in [-0.39, 0.29) is 31.1 Å². The summed E-state index contributed by atoms with van der Waals surface area (Å²) in [4.78, 5) is 37.9. The SMILES string of the molecule is CC/C=C\C/C=C\C/C=C\C/C=C\C/C=C\C/C=C\C/C=C\C/C=C\C/C=C\CCCCCCCC(=O)OCC(COC(=O)CCCCCCCC)OC(=O)CCCCCCCCC/C=C\C/C=C\CCCCCC. The van der Waals surface area contributed by atoms with Crippen LogP contribution in [0.15, 0.2) is 134 Å². The van der Waals surface area contributed by atoms with E-state index in [2.05, 4.69) is 154 Å². The monoisotopic (exact) mass is 1040 g/mol. The molecule has 0 bridgehead atoms. The van der Waals surface area contributed by atoms with Gasteiger partial charge in [-0.1, -0.05) is 257 Å². The molecule has 0 amide bonds. The topological polar surface area (TPSA) is 78.9 Å². The lowest BCUT2D eigenvalue weighted by Crippen LogP contribution is -2.30. The second kappa shape index (κ2) is 62.1. The largest absolute Gasteiger partial charge is 0.462 e. The van der Waals surface area contributed by atoms with Crippen molar-refractivity contribution in [3.63, 3.8) is 0 Å². The van der Waals surface area contributed by atoms with Crippen molar-refractivity contribution in [3.8, 4) is 0 Å². The number of allylic oxidation sites excluding steroid dienone is 22. The van der Waals surface area contributed by atoms with Gasteiger partial charge in [0.2, 0.25) is 0 Å². The molecule has 75 heavy (non-hydrogen) atoms. The summed E-state index contributed by atoms with van der Waals surface area (Å²) < 4.78 is 16.7. The molecule has 6 heteroatoms. The van der Waals surface area contributed by atoms with Crippen LogP contribution in [0.4, 0.5) is 0 Å². The molecule has 0 aliphatic carbocycles. The number of esters is 3. The van der Waals surface area contributed by atoms with Gasteiger partial charge in [0, 0.05) is 19.3 Å². The maximum atomic E-state index is 12.8. The number of hydrogen-bond donors (Lipinski definition) is 0. The summed E-state index contributed by atoms with van der Waals surface area (Å²) in [7, 11) is 0. The fourth-order valence-corrected chi connectivity index (χ4v) is 8.05. The van der Waals surface area contributed by atoms with Gasteiger partial charge in [-0.05, 0) is 122 Å². The molecule has 0 saturated heterocycles. The molecule has 0 fully saturated rings. The van der Waals surface area contributed by atoms with Crippen LogP contribution in [0.1, 0.15) is 265 Å². The van der Waals surface area contributed by atoms with Crippen LogP contribution in [0, 0.1) is 0 Å². The fourth-order valence-electron chi connectivity index (χ4n) is 8.05. The van der Waals surface area contributed by atoms with Crippen LogP contribution in [-0.4, -0.2) is 37.2 Å². The second-order valence-corrected chi connectivity index (χ2v) is 19.9. The lowest BCUT2D eigenvalue weighted by molar-refractivity contribution is -0.167. The van der Waals surface area contributed by atoms with E-state index in [9.17, 15) is 14.4 Å². The van der Waals surface area contributed by atoms with Crippen molar-refractivity contribution in [2.75, 3.05) is 13.2 Å². The Morgan fingerprint density at radius 2 is 0.520 bits per heavy atom. The van der Waals surface area contributed by atoms with Gasteiger partial charge in [0.05, 0.1) is 0 Å². The van der Waals surface area contributed by atoms with E-state index in [1.54, 1.807) is 0 Å². The summed E-state index contributed by atoms with van der Waals surface area (Å²) in [5, 5.41) is 0. The first-order valence-electron chi connectivity index (χ1n) is 30.7. The Labute approximate surface area is 462 Å². The molecule has 0 spiro atoms. The average Bonchev–Trinajstić information content (AvgIpc) is 3.41. The van der Waals surface area contributed by atoms with Crippen LogP contribution in [-0.2, 0) is 28.6 Å². The van der Waals surface area contributed by atoms with Crippen LogP contribution in [0.25, 0.3) is 0 Å². The quantitative estimate of drug-likeness (QED) is 0.0261. The zero-order valence-electron chi connectivity index (χ0n) is 48.5. The van der Waals surface area contributed by atoms with Crippen molar-refractivity contribution >= 4 is 17.9 Å². The van der Waals surface area contributed by atoms with Crippen LogP contribution in [0.5, 0.6) is 0 Å². The van der Waals surface area contributed by atoms with E-state index in [0.717, 1.165) is 148 Å². The first-order valence-corrected chi connectivity index (χ1v) is 30.7. The summed E-state index contributed by atoms with van der Waals surface area (Å²) in [5.41, 5.74) is 0. The van der Waals surface area contributed by atoms with E-state index in [1.165, 1.54) is 77.0 Å². The molecular formula is C69H112O6. The molecule has 0 N–H and O–H groups in total. The van der Waals surface area contributed by atoms with E-state index in [0.29, 0.717) is 19.3 Å². The van der Waals surface area contributed by atoms with Crippen molar-refractivity contribution in [1.29, 1.82) is 0 Å². The molecule has 0 aliphatic rings. The molecule has 0 radical (unpaired) electrons. The molecule has 0 aromatic carbocycles. The molecule has 6 nitrogen and oxygen atoms in total. The fraction of sp³-hybridized carbons (Fsp3) is 0.638. The van der Waals surface area contributed by atoms with Crippen molar-refractivity contribution < 1.29 is 28.6 Å². The molecule has 0 rings (SSSR count). The van der Waals surface area contributed by atoms with Gasteiger partial charge in [-0.3, -0.25) is 14.4 Å². The predicted octanol–water partition coefficient (Wildman–Crippen LogP) is 21.0. The zero-order valence-corrected chi connectivity index (χ0v) is 48.5. The lowest BCUT2D eigenvalue weighted by Gasteiger charge is -2.18. The van der Waals surface area contributed by atoms with E-state index >= 15 is 0 Å². The van der Waals surface area contributed by atoms with Gasteiger partial charge >= 0.3 is 17.9 Å². The zero-order chi connectivity index (χ0) is 54.3. The number of carbonyl (C=O) groups excluding carboxylic acids is 3. The van der Waals surface area contributed by atoms with E-state index in [1.807, 2.05) is 0 Å². The molecule has 0 aromatic rings. The van der Waals surface area contributed by atoms with Crippen LogP contribution in [0.2, 0.25) is 0 Å². The van der Waals surface area contributed by atoms with Gasteiger partial charge in [-0.2, -0.15) is 0 Å². The first kappa shape index (κ1) is 70.5. The normalized spacial score (nSPS) is 13.1. The Bertz CT molecular complexity index is 1620. The minimum Gasteiger partial charge on any atom is -0.462 e. The highest BCUT2D eigenvalue weighted by Gasteiger charge is 2.19. The molecular weight excluding hydrogens is 925 g/mol. The smallest absolute Gasteiger partial charge is 0.306 e. The van der Waals surface area contributed by atoms with E-state index < -0.39 is 6.10 Å². The number of unbranched alkanes of at least 4 members (excludes halogenated alkanes) is 21. The Kier molecular flexibility index (Phi) is 58.4. The van der Waals surface area contributed by atoms with Gasteiger partial charge in [0.1, 0.15) is 13.2 Å². The van der Waals surface area contributed by atoms with Crippen molar-refractivity contribution in [2.45, 2.75) is 271 Å². The average molecular weight is 1040 g/mol. The number of hydrogen-bond acceptors (Lipinski definition) is 6. The van der Waals surface area contributed by atoms with Crippen LogP contribution < -0.4 is 0 Å². The Morgan fingerprint density at radius 3 is 0.827 bits per heavy atom. The molecule has 1 unspecified atom stereocenters. The Morgan fingerprint density at radius 1 is 0.280 bits per heavy atom. The molecule has 0 aliphatic heterocycles. The van der Waals surface area contributed by atoms with Gasteiger partial charge in [0.15, 0.2) is 6.10 Å². The highest BCUT2D eigenvalue weighted by molar-refractivity contribution is 5.71. The minimum atomic E-state index is -0.791. The molecule has 424 valence electrons. The summed E-state index contributed by atoms with van der Waals surface area (Å²) in [6, 6.07) is 0. The van der Waals surface area contributed by atoms with Crippen molar-refractivity contribution in [1.82, 2.24) is 0 Å². The predicted molar refractivity (Wildman–Crippen MR) is 325 cm³/mol. The second-order valence-electron chi connectivity index (χ2n) is 19.9. The van der Waals surface area contributed by atoms with Crippen LogP contribution >= 0.6 is 0 Å². The molecule has 1 atom stereocenters. The first-order chi connectivity index (χ1) is 37.0. The third-order valence-corrected chi connectivity index (χ3v) is 12.6. The molecule has 0 aromatic heterocycles. The number of rotatable bonds is 54. The van der Waals surface area contributed by atoms with Gasteiger partial charge in [-0.15, -0.1) is 0 Å². The highest BCUT2D eigenvalue weighted by atomic mass is 16.6. The summed E-state index contributed by atoms with van der Waals surface area (Å²) >= 11 is 0. The van der Waals surface area contributed by atoms with Crippen molar-refractivity contribution in [3.05, 3.63) is 134 Å². The third-order valence-electron chi connectivity index (χ3n) is 12.6. The summed E-state index contributed by atoms with van der Waals surface area (Å²) in [6.07, 6.45) is 87.7. The standard InChI is InChI=1S/C69H112O6/c1-4-7-10-13-16-18-20-22-24-26-28-29-30-31-32-33-34-35-36-37-38-39-40-41-42-44-45-47-49-51-53-56-59-62-68(71)74-65-66(64-73-67(70)61-58-55-15-12-9-6-3)75-69(72)63-60-57-54-52-50-48-46-43-27-25-23-21-19-17-14-11-8-5-2/h7,10,16,18-19,21-22,24-25,27-29,31-32,34-35,37-38,40-41,44-45,66H,4-6,8-9,11-15,17,20,23,26,30,33,36,39,42-43,46-65H2,1-3H3/b10-7-,18-16-,21-19-,24-22-,27-25-,29-28-,32-31-,35-34-,38-37-,41-40-,45-44-. The van der Waals surface area contributed by atoms with Gasteiger partial charge in [0.25, 0.3) is 0 Å². The third kappa shape index (κ3) is 60.3. The number of ether oxygens (including phenoxy) is 3. The van der Waals surface area contributed by atoms with Crippen molar-refractivity contribution in [2.24, 2.45) is 0 Å². The molecule has 0 saturated carbocycles. The highest BCUT2D eigenvalue weighted by Crippen LogP contribution is 2.14. The van der Waals surface area contributed by atoms with Gasteiger partial charge < -0.3 is 14.2 Å². The minimum absolute atomic E-state index is 0.0902. The lowest BCUT2D eigenvalue weighted by atomic mass is 10.1. The molecule has 0 heterocycles. The van der Waals surface area contributed by atoms with E-state index in [4.69, 9.17) is 14.2 Å². The summed E-state index contributed by atoms with van der Waals surface area (Å²) in [5.74, 6) is -0.930. The Hall–Kier alpha value is -4.45. The summed E-state index contributed by atoms with van der Waals surface area (Å²) in [6.45, 7) is 6.42.